The molecule has 0 saturated carbocycles. The minimum Gasteiger partial charge on any atom is -0.337 e. The third-order valence-electron chi connectivity index (χ3n) is 5.13. The molecule has 1 saturated heterocycles. The second kappa shape index (κ2) is 7.28. The quantitative estimate of drug-likeness (QED) is 0.729. The zero-order valence-electron chi connectivity index (χ0n) is 15.6. The van der Waals surface area contributed by atoms with Gasteiger partial charge in [-0.3, -0.25) is 4.79 Å². The Bertz CT molecular complexity index is 1070. The van der Waals surface area contributed by atoms with Crippen molar-refractivity contribution in [3.05, 3.63) is 65.4 Å². The summed E-state index contributed by atoms with van der Waals surface area (Å²) in [4.78, 5) is 18.9. The number of pyridine rings is 1. The summed E-state index contributed by atoms with van der Waals surface area (Å²) in [5.74, 6) is -1.44. The molecule has 1 amide bonds. The van der Waals surface area contributed by atoms with Crippen molar-refractivity contribution in [1.82, 2.24) is 9.88 Å². The highest BCUT2D eigenvalue weighted by Gasteiger charge is 2.22. The number of aryl methyl sites for hydroxylation is 1. The van der Waals surface area contributed by atoms with Gasteiger partial charge >= 0.3 is 0 Å². The Kier molecular flexibility index (Phi) is 4.81. The van der Waals surface area contributed by atoms with Crippen molar-refractivity contribution in [2.75, 3.05) is 13.1 Å². The van der Waals surface area contributed by atoms with Gasteiger partial charge in [0.1, 0.15) is 11.3 Å². The normalized spacial score (nSPS) is 17.1. The lowest BCUT2D eigenvalue weighted by molar-refractivity contribution is 0.0709. The van der Waals surface area contributed by atoms with Crippen LogP contribution in [0.3, 0.4) is 0 Å². The molecule has 0 spiro atoms. The molecule has 1 aliphatic rings. The molecule has 0 bridgehead atoms. The number of halogens is 2. The second-order valence-electron chi connectivity index (χ2n) is 7.33. The molecule has 2 heterocycles. The molecule has 3 aromatic rings. The minimum absolute atomic E-state index is 0.00127. The van der Waals surface area contributed by atoms with Gasteiger partial charge in [0.25, 0.3) is 5.91 Å². The van der Waals surface area contributed by atoms with Gasteiger partial charge in [-0.1, -0.05) is 12.1 Å². The van der Waals surface area contributed by atoms with E-state index in [4.69, 9.17) is 5.73 Å². The summed E-state index contributed by atoms with van der Waals surface area (Å²) in [6.45, 7) is 2.98. The van der Waals surface area contributed by atoms with Crippen LogP contribution >= 0.6 is 0 Å². The van der Waals surface area contributed by atoms with E-state index >= 15 is 0 Å². The molecule has 4 nitrogen and oxygen atoms in total. The Morgan fingerprint density at radius 2 is 2.04 bits per heavy atom. The van der Waals surface area contributed by atoms with Gasteiger partial charge in [0, 0.05) is 41.8 Å². The van der Waals surface area contributed by atoms with Gasteiger partial charge in [-0.05, 0) is 55.2 Å². The van der Waals surface area contributed by atoms with E-state index in [1.807, 2.05) is 6.07 Å². The number of amides is 1. The molecule has 6 heteroatoms. The fourth-order valence-corrected chi connectivity index (χ4v) is 3.82. The van der Waals surface area contributed by atoms with Crippen molar-refractivity contribution in [3.63, 3.8) is 0 Å². The van der Waals surface area contributed by atoms with Crippen LogP contribution in [-0.2, 0) is 0 Å². The van der Waals surface area contributed by atoms with E-state index in [1.54, 1.807) is 36.1 Å². The summed E-state index contributed by atoms with van der Waals surface area (Å²) in [6, 6.07) is 11.0. The van der Waals surface area contributed by atoms with E-state index in [0.717, 1.165) is 18.9 Å². The van der Waals surface area contributed by atoms with Crippen LogP contribution in [0.1, 0.15) is 28.9 Å². The molecule has 2 N–H and O–H groups in total. The lowest BCUT2D eigenvalue weighted by Crippen LogP contribution is -2.45. The first-order valence-electron chi connectivity index (χ1n) is 9.34. The van der Waals surface area contributed by atoms with Crippen molar-refractivity contribution >= 4 is 16.8 Å². The summed E-state index contributed by atoms with van der Waals surface area (Å²) in [7, 11) is 0. The molecular weight excluding hydrogens is 360 g/mol. The summed E-state index contributed by atoms with van der Waals surface area (Å²) < 4.78 is 28.1. The van der Waals surface area contributed by atoms with E-state index in [-0.39, 0.29) is 17.5 Å². The minimum atomic E-state index is -0.700. The number of likely N-dealkylation sites (tertiary alicyclic amines) is 1. The van der Waals surface area contributed by atoms with Crippen LogP contribution in [0, 0.1) is 18.6 Å². The number of fused-ring (bicyclic) bond motifs is 1. The third kappa shape index (κ3) is 3.47. The highest BCUT2D eigenvalue weighted by Crippen LogP contribution is 2.31. The van der Waals surface area contributed by atoms with Crippen LogP contribution in [0.5, 0.6) is 0 Å². The number of hydrogen-bond donors (Lipinski definition) is 1. The molecule has 0 radical (unpaired) electrons. The molecule has 1 aromatic heterocycles. The van der Waals surface area contributed by atoms with Crippen molar-refractivity contribution in [3.8, 4) is 11.1 Å². The number of carbonyl (C=O) groups excluding carboxylic acids is 1. The SMILES string of the molecule is Cc1cc(-c2cccc(C(=O)N3CCCC(N)C3)c2)c2cc(F)cc(F)c2n1. The molecule has 0 aliphatic carbocycles. The van der Waals surface area contributed by atoms with Crippen molar-refractivity contribution in [2.45, 2.75) is 25.8 Å². The maximum atomic E-state index is 14.2. The first-order valence-corrected chi connectivity index (χ1v) is 9.34. The predicted molar refractivity (Wildman–Crippen MR) is 105 cm³/mol. The molecule has 28 heavy (non-hydrogen) atoms. The van der Waals surface area contributed by atoms with Crippen LogP contribution in [0.25, 0.3) is 22.0 Å². The van der Waals surface area contributed by atoms with Crippen LogP contribution < -0.4 is 5.73 Å². The summed E-state index contributed by atoms with van der Waals surface area (Å²) in [6.07, 6.45) is 1.81. The van der Waals surface area contributed by atoms with Crippen LogP contribution in [-0.4, -0.2) is 34.9 Å². The fourth-order valence-electron chi connectivity index (χ4n) is 3.82. The first-order chi connectivity index (χ1) is 13.4. The molecule has 144 valence electrons. The van der Waals surface area contributed by atoms with Gasteiger partial charge in [0.15, 0.2) is 5.82 Å². The third-order valence-corrected chi connectivity index (χ3v) is 5.13. The largest absolute Gasteiger partial charge is 0.337 e. The lowest BCUT2D eigenvalue weighted by Gasteiger charge is -2.31. The summed E-state index contributed by atoms with van der Waals surface area (Å²) in [5, 5.41) is 0.382. The van der Waals surface area contributed by atoms with Gasteiger partial charge in [-0.2, -0.15) is 0 Å². The van der Waals surface area contributed by atoms with Crippen LogP contribution in [0.4, 0.5) is 8.78 Å². The van der Waals surface area contributed by atoms with Crippen LogP contribution in [0.2, 0.25) is 0 Å². The van der Waals surface area contributed by atoms with E-state index in [9.17, 15) is 13.6 Å². The average molecular weight is 381 g/mol. The van der Waals surface area contributed by atoms with Gasteiger partial charge in [0.2, 0.25) is 0 Å². The Labute approximate surface area is 162 Å². The maximum absolute atomic E-state index is 14.2. The van der Waals surface area contributed by atoms with Crippen LogP contribution in [0.15, 0.2) is 42.5 Å². The molecule has 2 aromatic carbocycles. The molecule has 1 aliphatic heterocycles. The molecule has 1 fully saturated rings. The molecule has 1 unspecified atom stereocenters. The van der Waals surface area contributed by atoms with Gasteiger partial charge in [0.05, 0.1) is 0 Å². The maximum Gasteiger partial charge on any atom is 0.253 e. The monoisotopic (exact) mass is 381 g/mol. The lowest BCUT2D eigenvalue weighted by atomic mass is 9.97. The zero-order chi connectivity index (χ0) is 19.8. The van der Waals surface area contributed by atoms with Gasteiger partial charge < -0.3 is 10.6 Å². The smallest absolute Gasteiger partial charge is 0.253 e. The average Bonchev–Trinajstić information content (AvgIpc) is 2.67. The topological polar surface area (TPSA) is 59.2 Å². The van der Waals surface area contributed by atoms with E-state index in [0.29, 0.717) is 40.9 Å². The Balaban J connectivity index is 1.79. The highest BCUT2D eigenvalue weighted by atomic mass is 19.1. The highest BCUT2D eigenvalue weighted by molar-refractivity contribution is 5.99. The number of nitrogens with zero attached hydrogens (tertiary/aromatic N) is 2. The molecule has 4 rings (SSSR count). The number of rotatable bonds is 2. The van der Waals surface area contributed by atoms with E-state index < -0.39 is 11.6 Å². The standard InChI is InChI=1S/C22H21F2N3O/c1-13-8-18(19-10-16(23)11-20(24)21(19)26-13)14-4-2-5-15(9-14)22(28)27-7-3-6-17(25)12-27/h2,4-5,8-11,17H,3,6-7,12,25H2,1H3. The number of carbonyl (C=O) groups is 1. The number of aromatic nitrogens is 1. The second-order valence-corrected chi connectivity index (χ2v) is 7.33. The number of benzene rings is 2. The summed E-state index contributed by atoms with van der Waals surface area (Å²) >= 11 is 0. The fraction of sp³-hybridized carbons (Fsp3) is 0.273. The van der Waals surface area contributed by atoms with Gasteiger partial charge in [-0.15, -0.1) is 0 Å². The van der Waals surface area contributed by atoms with Crippen molar-refractivity contribution < 1.29 is 13.6 Å². The number of piperidine rings is 1. The van der Waals surface area contributed by atoms with Gasteiger partial charge in [-0.25, -0.2) is 13.8 Å². The number of hydrogen-bond acceptors (Lipinski definition) is 3. The predicted octanol–water partition coefficient (Wildman–Crippen LogP) is 4.05. The first kappa shape index (κ1) is 18.5. The Morgan fingerprint density at radius 3 is 2.82 bits per heavy atom. The summed E-state index contributed by atoms with van der Waals surface area (Å²) in [5.41, 5.74) is 8.63. The number of nitrogens with two attached hydrogens (primary N) is 1. The Morgan fingerprint density at radius 1 is 1.21 bits per heavy atom. The molecular formula is C22H21F2N3O. The van der Waals surface area contributed by atoms with E-state index in [2.05, 4.69) is 4.98 Å². The van der Waals surface area contributed by atoms with E-state index in [1.165, 1.54) is 6.07 Å². The zero-order valence-corrected chi connectivity index (χ0v) is 15.6. The molecule has 1 atom stereocenters. The Hall–Kier alpha value is -2.86. The van der Waals surface area contributed by atoms with Crippen molar-refractivity contribution in [2.24, 2.45) is 5.73 Å². The van der Waals surface area contributed by atoms with Crippen molar-refractivity contribution in [1.29, 1.82) is 0 Å².